The van der Waals surface area contributed by atoms with E-state index in [9.17, 15) is 14.4 Å². The zero-order chi connectivity index (χ0) is 26.0. The van der Waals surface area contributed by atoms with Crippen LogP contribution >= 0.6 is 0 Å². The summed E-state index contributed by atoms with van der Waals surface area (Å²) >= 11 is 0. The predicted octanol–water partition coefficient (Wildman–Crippen LogP) is 5.32. The van der Waals surface area contributed by atoms with E-state index in [2.05, 4.69) is 10.6 Å². The van der Waals surface area contributed by atoms with E-state index >= 15 is 0 Å². The minimum Gasteiger partial charge on any atom is -0.495 e. The first-order chi connectivity index (χ1) is 18.0. The van der Waals surface area contributed by atoms with Gasteiger partial charge in [-0.05, 0) is 48.5 Å². The van der Waals surface area contributed by atoms with Gasteiger partial charge >= 0.3 is 5.97 Å². The smallest absolute Gasteiger partial charge is 0.306 e. The molecule has 0 fully saturated rings. The molecule has 1 aromatic heterocycles. The van der Waals surface area contributed by atoms with Crippen molar-refractivity contribution in [3.63, 3.8) is 0 Å². The van der Waals surface area contributed by atoms with Gasteiger partial charge in [0.2, 0.25) is 0 Å². The van der Waals surface area contributed by atoms with Crippen LogP contribution in [-0.4, -0.2) is 31.5 Å². The van der Waals surface area contributed by atoms with Crippen LogP contribution in [0, 0.1) is 0 Å². The lowest BCUT2D eigenvalue weighted by Gasteiger charge is -2.10. The SMILES string of the molecule is COc1ccccc1NC(=O)c1ccc(NC(=O)COC(=O)CCc2ccc(-c3ccccc3)o2)cc1. The van der Waals surface area contributed by atoms with Gasteiger partial charge < -0.3 is 24.5 Å². The second-order valence-corrected chi connectivity index (χ2v) is 8.07. The largest absolute Gasteiger partial charge is 0.495 e. The summed E-state index contributed by atoms with van der Waals surface area (Å²) in [6.45, 7) is -0.414. The first-order valence-electron chi connectivity index (χ1n) is 11.7. The predicted molar refractivity (Wildman–Crippen MR) is 139 cm³/mol. The highest BCUT2D eigenvalue weighted by Crippen LogP contribution is 2.24. The van der Waals surface area contributed by atoms with Crippen LogP contribution in [0.5, 0.6) is 5.75 Å². The Bertz CT molecular complexity index is 1360. The van der Waals surface area contributed by atoms with E-state index in [1.807, 2.05) is 48.5 Å². The Labute approximate surface area is 214 Å². The number of rotatable bonds is 10. The molecule has 3 aromatic carbocycles. The Morgan fingerprint density at radius 3 is 2.30 bits per heavy atom. The molecule has 4 rings (SSSR count). The van der Waals surface area contributed by atoms with Crippen LogP contribution in [0.2, 0.25) is 0 Å². The first-order valence-corrected chi connectivity index (χ1v) is 11.7. The van der Waals surface area contributed by atoms with Gasteiger partial charge in [-0.25, -0.2) is 0 Å². The molecule has 37 heavy (non-hydrogen) atoms. The van der Waals surface area contributed by atoms with Gasteiger partial charge in [0.05, 0.1) is 19.2 Å². The van der Waals surface area contributed by atoms with Gasteiger partial charge in [0.25, 0.3) is 11.8 Å². The molecule has 1 heterocycles. The Morgan fingerprint density at radius 2 is 1.54 bits per heavy atom. The zero-order valence-corrected chi connectivity index (χ0v) is 20.2. The molecule has 0 saturated heterocycles. The van der Waals surface area contributed by atoms with Gasteiger partial charge in [-0.3, -0.25) is 14.4 Å². The molecule has 0 unspecified atom stereocenters. The summed E-state index contributed by atoms with van der Waals surface area (Å²) in [4.78, 5) is 36.8. The van der Waals surface area contributed by atoms with Crippen molar-refractivity contribution < 1.29 is 28.3 Å². The number of hydrogen-bond acceptors (Lipinski definition) is 6. The van der Waals surface area contributed by atoms with Gasteiger partial charge in [-0.15, -0.1) is 0 Å². The maximum absolute atomic E-state index is 12.5. The summed E-state index contributed by atoms with van der Waals surface area (Å²) in [6.07, 6.45) is 0.455. The van der Waals surface area contributed by atoms with E-state index in [-0.39, 0.29) is 12.3 Å². The zero-order valence-electron chi connectivity index (χ0n) is 20.2. The number of furan rings is 1. The van der Waals surface area contributed by atoms with E-state index in [0.717, 1.165) is 11.3 Å². The molecule has 0 spiro atoms. The van der Waals surface area contributed by atoms with Gasteiger partial charge in [0.1, 0.15) is 17.3 Å². The van der Waals surface area contributed by atoms with E-state index in [0.29, 0.717) is 34.9 Å². The fraction of sp³-hybridized carbons (Fsp3) is 0.138. The molecule has 2 N–H and O–H groups in total. The van der Waals surface area contributed by atoms with Crippen molar-refractivity contribution in [2.75, 3.05) is 24.4 Å². The minimum absolute atomic E-state index is 0.0883. The number of nitrogens with one attached hydrogen (secondary N) is 2. The minimum atomic E-state index is -0.504. The molecule has 188 valence electrons. The summed E-state index contributed by atoms with van der Waals surface area (Å²) < 4.78 is 16.1. The topological polar surface area (TPSA) is 107 Å². The van der Waals surface area contributed by atoms with Crippen LogP contribution in [0.15, 0.2) is 95.4 Å². The van der Waals surface area contributed by atoms with Crippen molar-refractivity contribution in [2.24, 2.45) is 0 Å². The third kappa shape index (κ3) is 7.08. The third-order valence-electron chi connectivity index (χ3n) is 5.45. The molecule has 0 aliphatic heterocycles. The second kappa shape index (κ2) is 12.2. The molecule has 8 heteroatoms. The molecule has 0 saturated carbocycles. The average molecular weight is 499 g/mol. The number of amides is 2. The van der Waals surface area contributed by atoms with Crippen molar-refractivity contribution in [3.05, 3.63) is 102 Å². The second-order valence-electron chi connectivity index (χ2n) is 8.07. The third-order valence-corrected chi connectivity index (χ3v) is 5.45. The van der Waals surface area contributed by atoms with Crippen LogP contribution in [0.4, 0.5) is 11.4 Å². The van der Waals surface area contributed by atoms with Gasteiger partial charge in [-0.2, -0.15) is 0 Å². The first kappa shape index (κ1) is 25.2. The standard InChI is InChI=1S/C29H26N2O6/c1-35-26-10-6-5-9-24(26)31-29(34)21-11-13-22(14-12-21)30-27(32)19-36-28(33)18-16-23-15-17-25(37-23)20-7-3-2-4-8-20/h2-15,17H,16,18-19H2,1H3,(H,30,32)(H,31,34). The molecule has 0 bridgehead atoms. The molecule has 4 aromatic rings. The Kier molecular flexibility index (Phi) is 8.33. The summed E-state index contributed by atoms with van der Waals surface area (Å²) in [6, 6.07) is 26.8. The van der Waals surface area contributed by atoms with Crippen molar-refractivity contribution in [2.45, 2.75) is 12.8 Å². The van der Waals surface area contributed by atoms with Gasteiger partial charge in [0, 0.05) is 23.2 Å². The number of benzene rings is 3. The lowest BCUT2D eigenvalue weighted by atomic mass is 10.2. The van der Waals surface area contributed by atoms with Crippen LogP contribution < -0.4 is 15.4 Å². The van der Waals surface area contributed by atoms with Gasteiger partial charge in [-0.1, -0.05) is 42.5 Å². The van der Waals surface area contributed by atoms with E-state index in [1.54, 1.807) is 42.5 Å². The maximum atomic E-state index is 12.5. The summed E-state index contributed by atoms with van der Waals surface area (Å²) in [5, 5.41) is 5.43. The van der Waals surface area contributed by atoms with Crippen molar-refractivity contribution in [1.29, 1.82) is 0 Å². The fourth-order valence-electron chi connectivity index (χ4n) is 3.56. The molecule has 2 amide bonds. The molecule has 8 nitrogen and oxygen atoms in total. The number of aryl methyl sites for hydroxylation is 1. The highest BCUT2D eigenvalue weighted by atomic mass is 16.5. The number of ether oxygens (including phenoxy) is 2. The van der Waals surface area contributed by atoms with Crippen LogP contribution in [0.25, 0.3) is 11.3 Å². The quantitative estimate of drug-likeness (QED) is 0.287. The Morgan fingerprint density at radius 1 is 0.811 bits per heavy atom. The lowest BCUT2D eigenvalue weighted by molar-refractivity contribution is -0.147. The number of carbonyl (C=O) groups is 3. The van der Waals surface area contributed by atoms with Crippen LogP contribution in [-0.2, 0) is 20.7 Å². The number of para-hydroxylation sites is 2. The summed E-state index contributed by atoms with van der Waals surface area (Å²) in [5.74, 6) is 0.640. The van der Waals surface area contributed by atoms with Crippen molar-refractivity contribution >= 4 is 29.2 Å². The number of hydrogen-bond donors (Lipinski definition) is 2. The highest BCUT2D eigenvalue weighted by Gasteiger charge is 2.12. The molecular weight excluding hydrogens is 472 g/mol. The Hall–Kier alpha value is -4.85. The number of anilines is 2. The van der Waals surface area contributed by atoms with Crippen molar-refractivity contribution in [1.82, 2.24) is 0 Å². The molecule has 0 aliphatic rings. The van der Waals surface area contributed by atoms with Crippen LogP contribution in [0.3, 0.4) is 0 Å². The monoisotopic (exact) mass is 498 g/mol. The summed E-state index contributed by atoms with van der Waals surface area (Å²) in [5.41, 5.74) is 2.39. The van der Waals surface area contributed by atoms with Crippen LogP contribution in [0.1, 0.15) is 22.5 Å². The molecule has 0 atom stereocenters. The van der Waals surface area contributed by atoms with E-state index < -0.39 is 18.5 Å². The molecule has 0 radical (unpaired) electrons. The average Bonchev–Trinajstić information content (AvgIpc) is 3.41. The molecular formula is C29H26N2O6. The summed E-state index contributed by atoms with van der Waals surface area (Å²) in [7, 11) is 1.53. The highest BCUT2D eigenvalue weighted by molar-refractivity contribution is 6.05. The lowest BCUT2D eigenvalue weighted by Crippen LogP contribution is -2.21. The maximum Gasteiger partial charge on any atom is 0.306 e. The van der Waals surface area contributed by atoms with E-state index in [1.165, 1.54) is 7.11 Å². The normalized spacial score (nSPS) is 10.4. The van der Waals surface area contributed by atoms with E-state index in [4.69, 9.17) is 13.9 Å². The molecule has 0 aliphatic carbocycles. The fourth-order valence-corrected chi connectivity index (χ4v) is 3.56. The van der Waals surface area contributed by atoms with Crippen molar-refractivity contribution in [3.8, 4) is 17.1 Å². The number of methoxy groups -OCH3 is 1. The number of esters is 1. The Balaban J connectivity index is 1.20. The van der Waals surface area contributed by atoms with Gasteiger partial charge in [0.15, 0.2) is 6.61 Å². The number of carbonyl (C=O) groups excluding carboxylic acids is 3.